The standard InChI is InChI=1S/C10H15ClN2O3S/c1-2-8(4-6-14)13-17(15,16)9-3-5-12-10(11)7-9/h3,5,7-8,13-14H,2,4,6H2,1H3. The molecule has 0 bridgehead atoms. The molecular formula is C10H15ClN2O3S. The molecule has 0 aliphatic rings. The van der Waals surface area contributed by atoms with Gasteiger partial charge in [-0.25, -0.2) is 18.1 Å². The Kier molecular flexibility index (Phi) is 5.32. The zero-order valence-electron chi connectivity index (χ0n) is 9.43. The quantitative estimate of drug-likeness (QED) is 0.766. The lowest BCUT2D eigenvalue weighted by atomic mass is 10.2. The van der Waals surface area contributed by atoms with Gasteiger partial charge in [0.1, 0.15) is 5.15 Å². The number of nitrogens with one attached hydrogen (secondary N) is 1. The van der Waals surface area contributed by atoms with Gasteiger partial charge < -0.3 is 5.11 Å². The van der Waals surface area contributed by atoms with Crippen LogP contribution < -0.4 is 4.72 Å². The molecule has 0 amide bonds. The van der Waals surface area contributed by atoms with Crippen molar-refractivity contribution in [1.82, 2.24) is 9.71 Å². The molecule has 96 valence electrons. The second-order valence-corrected chi connectivity index (χ2v) is 5.65. The van der Waals surface area contributed by atoms with E-state index in [2.05, 4.69) is 9.71 Å². The Hall–Kier alpha value is -0.690. The molecule has 5 nitrogen and oxygen atoms in total. The monoisotopic (exact) mass is 278 g/mol. The van der Waals surface area contributed by atoms with E-state index in [0.717, 1.165) is 0 Å². The summed E-state index contributed by atoms with van der Waals surface area (Å²) in [7, 11) is -3.60. The van der Waals surface area contributed by atoms with E-state index in [1.165, 1.54) is 18.3 Å². The van der Waals surface area contributed by atoms with E-state index in [0.29, 0.717) is 12.8 Å². The smallest absolute Gasteiger partial charge is 0.240 e. The third-order valence-corrected chi connectivity index (χ3v) is 4.03. The van der Waals surface area contributed by atoms with Gasteiger partial charge in [-0.3, -0.25) is 0 Å². The molecule has 1 heterocycles. The molecule has 17 heavy (non-hydrogen) atoms. The van der Waals surface area contributed by atoms with Crippen LogP contribution in [0.1, 0.15) is 19.8 Å². The zero-order chi connectivity index (χ0) is 12.9. The Balaban J connectivity index is 2.88. The van der Waals surface area contributed by atoms with Gasteiger partial charge in [0.25, 0.3) is 0 Å². The highest BCUT2D eigenvalue weighted by atomic mass is 35.5. The molecule has 7 heteroatoms. The number of nitrogens with zero attached hydrogens (tertiary/aromatic N) is 1. The van der Waals surface area contributed by atoms with Crippen LogP contribution in [0.4, 0.5) is 0 Å². The number of hydrogen-bond donors (Lipinski definition) is 2. The molecule has 1 aromatic rings. The number of pyridine rings is 1. The lowest BCUT2D eigenvalue weighted by molar-refractivity contribution is 0.270. The van der Waals surface area contributed by atoms with E-state index < -0.39 is 10.0 Å². The van der Waals surface area contributed by atoms with Crippen LogP contribution in [0.5, 0.6) is 0 Å². The first-order chi connectivity index (χ1) is 7.99. The highest BCUT2D eigenvalue weighted by Gasteiger charge is 2.18. The third kappa shape index (κ3) is 4.23. The van der Waals surface area contributed by atoms with Crippen molar-refractivity contribution in [3.05, 3.63) is 23.5 Å². The zero-order valence-corrected chi connectivity index (χ0v) is 11.0. The largest absolute Gasteiger partial charge is 0.396 e. The van der Waals surface area contributed by atoms with Crippen molar-refractivity contribution >= 4 is 21.6 Å². The second-order valence-electron chi connectivity index (χ2n) is 3.55. The molecule has 0 aromatic carbocycles. The van der Waals surface area contributed by atoms with Gasteiger partial charge in [0, 0.05) is 18.8 Å². The number of hydrogen-bond acceptors (Lipinski definition) is 4. The molecule has 0 aliphatic carbocycles. The SMILES string of the molecule is CCC(CCO)NS(=O)(=O)c1ccnc(Cl)c1. The first-order valence-electron chi connectivity index (χ1n) is 5.24. The average Bonchev–Trinajstić information content (AvgIpc) is 2.28. The molecule has 0 fully saturated rings. The van der Waals surface area contributed by atoms with Crippen LogP contribution in [-0.2, 0) is 10.0 Å². The topological polar surface area (TPSA) is 79.3 Å². The molecule has 0 radical (unpaired) electrons. The van der Waals surface area contributed by atoms with Crippen LogP contribution >= 0.6 is 11.6 Å². The van der Waals surface area contributed by atoms with Crippen molar-refractivity contribution in [1.29, 1.82) is 0 Å². The van der Waals surface area contributed by atoms with E-state index in [-0.39, 0.29) is 22.7 Å². The summed E-state index contributed by atoms with van der Waals surface area (Å²) < 4.78 is 26.4. The Labute approximate surface area is 106 Å². The number of aliphatic hydroxyl groups is 1. The van der Waals surface area contributed by atoms with E-state index >= 15 is 0 Å². The van der Waals surface area contributed by atoms with E-state index in [4.69, 9.17) is 16.7 Å². The van der Waals surface area contributed by atoms with Gasteiger partial charge in [0.05, 0.1) is 4.90 Å². The molecule has 0 saturated heterocycles. The van der Waals surface area contributed by atoms with Crippen LogP contribution in [0.25, 0.3) is 0 Å². The van der Waals surface area contributed by atoms with Crippen LogP contribution in [0.15, 0.2) is 23.2 Å². The summed E-state index contributed by atoms with van der Waals surface area (Å²) in [5, 5.41) is 8.94. The number of halogens is 1. The van der Waals surface area contributed by atoms with Crippen molar-refractivity contribution in [3.63, 3.8) is 0 Å². The predicted octanol–water partition coefficient (Wildman–Crippen LogP) is 1.17. The van der Waals surface area contributed by atoms with E-state index in [1.807, 2.05) is 6.92 Å². The molecule has 1 atom stereocenters. The third-order valence-electron chi connectivity index (χ3n) is 2.30. The molecule has 1 rings (SSSR count). The van der Waals surface area contributed by atoms with E-state index in [9.17, 15) is 8.42 Å². The highest BCUT2D eigenvalue weighted by Crippen LogP contribution is 2.14. The maximum absolute atomic E-state index is 11.9. The fourth-order valence-electron chi connectivity index (χ4n) is 1.34. The molecule has 0 saturated carbocycles. The van der Waals surface area contributed by atoms with Crippen molar-refractivity contribution in [2.45, 2.75) is 30.7 Å². The van der Waals surface area contributed by atoms with Gasteiger partial charge in [0.15, 0.2) is 0 Å². The summed E-state index contributed by atoms with van der Waals surface area (Å²) in [6.07, 6.45) is 2.33. The molecule has 1 unspecified atom stereocenters. The number of aromatic nitrogens is 1. The Bertz CT molecular complexity index is 464. The average molecular weight is 279 g/mol. The lowest BCUT2D eigenvalue weighted by Crippen LogP contribution is -2.35. The Morgan fingerprint density at radius 1 is 1.59 bits per heavy atom. The van der Waals surface area contributed by atoms with Gasteiger partial charge in [-0.1, -0.05) is 18.5 Å². The van der Waals surface area contributed by atoms with Gasteiger partial charge in [-0.05, 0) is 25.0 Å². The summed E-state index contributed by atoms with van der Waals surface area (Å²) in [4.78, 5) is 3.80. The summed E-state index contributed by atoms with van der Waals surface area (Å²) in [6, 6.07) is 2.38. The maximum atomic E-state index is 11.9. The summed E-state index contributed by atoms with van der Waals surface area (Å²) >= 11 is 5.64. The number of rotatable bonds is 6. The van der Waals surface area contributed by atoms with Gasteiger partial charge in [-0.2, -0.15) is 0 Å². The summed E-state index contributed by atoms with van der Waals surface area (Å²) in [5.74, 6) is 0. The van der Waals surface area contributed by atoms with Gasteiger partial charge in [-0.15, -0.1) is 0 Å². The normalized spacial score (nSPS) is 13.6. The molecule has 1 aromatic heterocycles. The van der Waals surface area contributed by atoms with E-state index in [1.54, 1.807) is 0 Å². The van der Waals surface area contributed by atoms with Crippen LogP contribution in [0.2, 0.25) is 5.15 Å². The Morgan fingerprint density at radius 3 is 2.82 bits per heavy atom. The second kappa shape index (κ2) is 6.30. The van der Waals surface area contributed by atoms with Crippen molar-refractivity contribution in [3.8, 4) is 0 Å². The van der Waals surface area contributed by atoms with Gasteiger partial charge >= 0.3 is 0 Å². The number of sulfonamides is 1. The number of aliphatic hydroxyl groups excluding tert-OH is 1. The fourth-order valence-corrected chi connectivity index (χ4v) is 2.95. The molecule has 2 N–H and O–H groups in total. The minimum absolute atomic E-state index is 0.0574. The van der Waals surface area contributed by atoms with Crippen LogP contribution in [0, 0.1) is 0 Å². The van der Waals surface area contributed by atoms with Crippen molar-refractivity contribution < 1.29 is 13.5 Å². The summed E-state index contributed by atoms with van der Waals surface area (Å²) in [5.41, 5.74) is 0. The molecule has 0 spiro atoms. The lowest BCUT2D eigenvalue weighted by Gasteiger charge is -2.15. The van der Waals surface area contributed by atoms with Crippen molar-refractivity contribution in [2.24, 2.45) is 0 Å². The fraction of sp³-hybridized carbons (Fsp3) is 0.500. The minimum atomic E-state index is -3.60. The summed E-state index contributed by atoms with van der Waals surface area (Å²) in [6.45, 7) is 1.79. The highest BCUT2D eigenvalue weighted by molar-refractivity contribution is 7.89. The van der Waals surface area contributed by atoms with Crippen LogP contribution in [0.3, 0.4) is 0 Å². The minimum Gasteiger partial charge on any atom is -0.396 e. The predicted molar refractivity (Wildman–Crippen MR) is 65.4 cm³/mol. The first-order valence-corrected chi connectivity index (χ1v) is 7.10. The molecule has 0 aliphatic heterocycles. The molecular weight excluding hydrogens is 264 g/mol. The van der Waals surface area contributed by atoms with Gasteiger partial charge in [0.2, 0.25) is 10.0 Å². The van der Waals surface area contributed by atoms with Crippen molar-refractivity contribution in [2.75, 3.05) is 6.61 Å². The van der Waals surface area contributed by atoms with Crippen LogP contribution in [-0.4, -0.2) is 31.2 Å². The Morgan fingerprint density at radius 2 is 2.29 bits per heavy atom. The maximum Gasteiger partial charge on any atom is 0.240 e. The first kappa shape index (κ1) is 14.4.